The first-order valence-corrected chi connectivity index (χ1v) is 7.64. The Morgan fingerprint density at radius 3 is 2.78 bits per heavy atom. The number of amides is 2. The van der Waals surface area contributed by atoms with E-state index in [4.69, 9.17) is 4.52 Å². The normalized spacial score (nSPS) is 14.3. The smallest absolute Gasteiger partial charge is 0.261 e. The Kier molecular flexibility index (Phi) is 4.14. The van der Waals surface area contributed by atoms with Crippen LogP contribution >= 0.6 is 0 Å². The quantitative estimate of drug-likeness (QED) is 0.870. The highest BCUT2D eigenvalue weighted by Crippen LogP contribution is 2.20. The van der Waals surface area contributed by atoms with Gasteiger partial charge in [-0.05, 0) is 32.4 Å². The summed E-state index contributed by atoms with van der Waals surface area (Å²) in [6.45, 7) is 4.56. The fourth-order valence-corrected chi connectivity index (χ4v) is 2.68. The summed E-state index contributed by atoms with van der Waals surface area (Å²) < 4.78 is 5.10. The summed E-state index contributed by atoms with van der Waals surface area (Å²) in [5, 5.41) is 3.94. The Morgan fingerprint density at radius 1 is 1.35 bits per heavy atom. The fraction of sp³-hybridized carbons (Fsp3) is 0.353. The molecular formula is C17H19N3O3. The third-order valence-corrected chi connectivity index (χ3v) is 3.89. The molecule has 2 heterocycles. The number of aromatic nitrogens is 1. The zero-order chi connectivity index (χ0) is 16.4. The number of nitrogens with zero attached hydrogens (tertiary/aromatic N) is 3. The molecule has 0 unspecified atom stereocenters. The molecule has 0 aliphatic carbocycles. The predicted octanol–water partition coefficient (Wildman–Crippen LogP) is 2.52. The molecule has 1 aliphatic heterocycles. The monoisotopic (exact) mass is 313 g/mol. The van der Waals surface area contributed by atoms with Crippen LogP contribution in [0, 0.1) is 13.8 Å². The van der Waals surface area contributed by atoms with E-state index in [2.05, 4.69) is 5.16 Å². The topological polar surface area (TPSA) is 66.7 Å². The van der Waals surface area contributed by atoms with Gasteiger partial charge < -0.3 is 9.42 Å². The molecule has 1 saturated heterocycles. The molecule has 6 heteroatoms. The maximum absolute atomic E-state index is 12.9. The minimum absolute atomic E-state index is 0.0623. The summed E-state index contributed by atoms with van der Waals surface area (Å²) in [6, 6.07) is 9.07. The van der Waals surface area contributed by atoms with Gasteiger partial charge in [0.15, 0.2) is 5.82 Å². The SMILES string of the molecule is Cc1cccc(C(=O)N(CN2CCCC2=O)c2cc(C)on2)c1. The number of rotatable bonds is 4. The van der Waals surface area contributed by atoms with Crippen molar-refractivity contribution in [2.24, 2.45) is 0 Å². The van der Waals surface area contributed by atoms with Crippen LogP contribution in [-0.2, 0) is 4.79 Å². The highest BCUT2D eigenvalue weighted by atomic mass is 16.5. The summed E-state index contributed by atoms with van der Waals surface area (Å²) >= 11 is 0. The van der Waals surface area contributed by atoms with Gasteiger partial charge in [-0.15, -0.1) is 0 Å². The molecule has 1 aromatic heterocycles. The van der Waals surface area contributed by atoms with Crippen LogP contribution in [0.1, 0.15) is 34.5 Å². The minimum Gasteiger partial charge on any atom is -0.360 e. The molecule has 0 atom stereocenters. The lowest BCUT2D eigenvalue weighted by Crippen LogP contribution is -2.42. The van der Waals surface area contributed by atoms with E-state index in [-0.39, 0.29) is 18.5 Å². The van der Waals surface area contributed by atoms with Gasteiger partial charge in [0.2, 0.25) is 5.91 Å². The van der Waals surface area contributed by atoms with Crippen molar-refractivity contribution in [3.8, 4) is 0 Å². The first-order chi connectivity index (χ1) is 11.0. The summed E-state index contributed by atoms with van der Waals surface area (Å²) in [6.07, 6.45) is 1.35. The molecule has 1 aromatic carbocycles. The predicted molar refractivity (Wildman–Crippen MR) is 85.0 cm³/mol. The fourth-order valence-electron chi connectivity index (χ4n) is 2.68. The molecule has 1 fully saturated rings. The molecule has 1 aliphatic rings. The number of hydrogen-bond donors (Lipinski definition) is 0. The van der Waals surface area contributed by atoms with Crippen LogP contribution in [0.5, 0.6) is 0 Å². The molecule has 0 saturated carbocycles. The molecule has 0 bridgehead atoms. The largest absolute Gasteiger partial charge is 0.360 e. The number of carbonyl (C=O) groups is 2. The maximum Gasteiger partial charge on any atom is 0.261 e. The molecule has 0 radical (unpaired) electrons. The molecule has 6 nitrogen and oxygen atoms in total. The first kappa shape index (κ1) is 15.3. The Hall–Kier alpha value is -2.63. The van der Waals surface area contributed by atoms with Crippen LogP contribution in [0.3, 0.4) is 0 Å². The average Bonchev–Trinajstić information content (AvgIpc) is 3.13. The highest BCUT2D eigenvalue weighted by molar-refractivity contribution is 6.05. The number of likely N-dealkylation sites (tertiary alicyclic amines) is 1. The second-order valence-electron chi connectivity index (χ2n) is 5.80. The van der Waals surface area contributed by atoms with Gasteiger partial charge in [0.05, 0.1) is 0 Å². The number of anilines is 1. The van der Waals surface area contributed by atoms with E-state index < -0.39 is 0 Å². The van der Waals surface area contributed by atoms with E-state index in [0.29, 0.717) is 30.1 Å². The van der Waals surface area contributed by atoms with Gasteiger partial charge in [-0.3, -0.25) is 14.5 Å². The minimum atomic E-state index is -0.193. The second-order valence-corrected chi connectivity index (χ2v) is 5.80. The molecule has 2 aromatic rings. The van der Waals surface area contributed by atoms with Crippen molar-refractivity contribution < 1.29 is 14.1 Å². The van der Waals surface area contributed by atoms with Crippen molar-refractivity contribution in [2.75, 3.05) is 18.1 Å². The first-order valence-electron chi connectivity index (χ1n) is 7.64. The van der Waals surface area contributed by atoms with Crippen molar-refractivity contribution in [3.63, 3.8) is 0 Å². The third-order valence-electron chi connectivity index (χ3n) is 3.89. The zero-order valence-corrected chi connectivity index (χ0v) is 13.3. The number of hydrogen-bond acceptors (Lipinski definition) is 4. The standard InChI is InChI=1S/C17H19N3O3/c1-12-5-3-6-14(9-12)17(22)20(15-10-13(2)23-18-15)11-19-8-4-7-16(19)21/h3,5-6,9-10H,4,7-8,11H2,1-2H3. The number of aryl methyl sites for hydroxylation is 2. The van der Waals surface area contributed by atoms with E-state index in [9.17, 15) is 9.59 Å². The van der Waals surface area contributed by atoms with Crippen molar-refractivity contribution in [1.82, 2.24) is 10.1 Å². The van der Waals surface area contributed by atoms with Crippen molar-refractivity contribution in [2.45, 2.75) is 26.7 Å². The third kappa shape index (κ3) is 3.26. The zero-order valence-electron chi connectivity index (χ0n) is 13.3. The van der Waals surface area contributed by atoms with Crippen molar-refractivity contribution in [3.05, 3.63) is 47.2 Å². The van der Waals surface area contributed by atoms with Gasteiger partial charge in [-0.1, -0.05) is 22.9 Å². The molecule has 0 N–H and O–H groups in total. The van der Waals surface area contributed by atoms with Gasteiger partial charge in [0.1, 0.15) is 12.4 Å². The van der Waals surface area contributed by atoms with E-state index in [1.54, 1.807) is 24.0 Å². The maximum atomic E-state index is 12.9. The van der Waals surface area contributed by atoms with Crippen LogP contribution in [0.2, 0.25) is 0 Å². The van der Waals surface area contributed by atoms with Crippen LogP contribution in [0.4, 0.5) is 5.82 Å². The molecular weight excluding hydrogens is 294 g/mol. The van der Waals surface area contributed by atoms with E-state index >= 15 is 0 Å². The Morgan fingerprint density at radius 2 is 2.17 bits per heavy atom. The van der Waals surface area contributed by atoms with E-state index in [1.807, 2.05) is 25.1 Å². The molecule has 0 spiro atoms. The van der Waals surface area contributed by atoms with Crippen molar-refractivity contribution in [1.29, 1.82) is 0 Å². The van der Waals surface area contributed by atoms with Crippen LogP contribution in [-0.4, -0.2) is 35.1 Å². The van der Waals surface area contributed by atoms with Gasteiger partial charge in [-0.25, -0.2) is 0 Å². The Bertz CT molecular complexity index is 738. The summed E-state index contributed by atoms with van der Waals surface area (Å²) in [4.78, 5) is 28.0. The average molecular weight is 313 g/mol. The summed E-state index contributed by atoms with van der Waals surface area (Å²) in [5.41, 5.74) is 1.57. The summed E-state index contributed by atoms with van der Waals surface area (Å²) in [7, 11) is 0. The molecule has 2 amide bonds. The van der Waals surface area contributed by atoms with E-state index in [0.717, 1.165) is 12.0 Å². The molecule has 3 rings (SSSR count). The molecule has 23 heavy (non-hydrogen) atoms. The molecule has 120 valence electrons. The van der Waals surface area contributed by atoms with Crippen LogP contribution in [0.25, 0.3) is 0 Å². The lowest BCUT2D eigenvalue weighted by Gasteiger charge is -2.26. The van der Waals surface area contributed by atoms with Crippen LogP contribution in [0.15, 0.2) is 34.9 Å². The Labute approximate surface area is 134 Å². The lowest BCUT2D eigenvalue weighted by molar-refractivity contribution is -0.127. The Balaban J connectivity index is 1.91. The summed E-state index contributed by atoms with van der Waals surface area (Å²) in [5.74, 6) is 0.914. The number of carbonyl (C=O) groups excluding carboxylic acids is 2. The lowest BCUT2D eigenvalue weighted by atomic mass is 10.1. The van der Waals surface area contributed by atoms with Gasteiger partial charge in [0.25, 0.3) is 5.91 Å². The van der Waals surface area contributed by atoms with Gasteiger partial charge in [0, 0.05) is 24.6 Å². The van der Waals surface area contributed by atoms with Crippen molar-refractivity contribution >= 4 is 17.6 Å². The highest BCUT2D eigenvalue weighted by Gasteiger charge is 2.28. The number of benzene rings is 1. The van der Waals surface area contributed by atoms with Gasteiger partial charge >= 0.3 is 0 Å². The van der Waals surface area contributed by atoms with Gasteiger partial charge in [-0.2, -0.15) is 0 Å². The van der Waals surface area contributed by atoms with E-state index in [1.165, 1.54) is 4.90 Å². The second kappa shape index (κ2) is 6.24. The van der Waals surface area contributed by atoms with Crippen LogP contribution < -0.4 is 4.90 Å².